The van der Waals surface area contributed by atoms with Crippen molar-refractivity contribution in [1.82, 2.24) is 3.93 Å². The molecule has 0 spiro atoms. The third kappa shape index (κ3) is 1.19. The standard InChI is InChI=1S/C6H4BrClN2S/c7-10-3-9-6-4(5(10)8)1-2-11-6/h1-3,5H. The molecule has 0 aromatic carbocycles. The van der Waals surface area contributed by atoms with Gasteiger partial charge in [-0.2, -0.15) is 0 Å². The van der Waals surface area contributed by atoms with Gasteiger partial charge in [-0.25, -0.2) is 4.99 Å². The number of fused-ring (bicyclic) bond motifs is 1. The molecule has 0 bridgehead atoms. The number of thiophene rings is 1. The van der Waals surface area contributed by atoms with E-state index in [1.807, 2.05) is 11.4 Å². The maximum absolute atomic E-state index is 6.03. The van der Waals surface area contributed by atoms with Crippen LogP contribution in [0.2, 0.25) is 0 Å². The highest BCUT2D eigenvalue weighted by atomic mass is 79.9. The Morgan fingerprint density at radius 1 is 1.73 bits per heavy atom. The van der Waals surface area contributed by atoms with Crippen LogP contribution in [0.4, 0.5) is 5.00 Å². The minimum atomic E-state index is -0.131. The molecular formula is C6H4BrClN2S. The largest absolute Gasteiger partial charge is 0.277 e. The molecule has 0 N–H and O–H groups in total. The molecule has 58 valence electrons. The zero-order valence-corrected chi connectivity index (χ0v) is 8.53. The zero-order valence-electron chi connectivity index (χ0n) is 5.37. The quantitative estimate of drug-likeness (QED) is 0.392. The second-order valence-electron chi connectivity index (χ2n) is 2.11. The van der Waals surface area contributed by atoms with E-state index in [0.29, 0.717) is 0 Å². The summed E-state index contributed by atoms with van der Waals surface area (Å²) in [5, 5.41) is 2.99. The number of hydrogen-bond donors (Lipinski definition) is 0. The SMILES string of the molecule is ClC1c2ccsc2N=CN1Br. The Labute approximate surface area is 81.8 Å². The molecule has 0 saturated carbocycles. The monoisotopic (exact) mass is 250 g/mol. The maximum Gasteiger partial charge on any atom is 0.143 e. The van der Waals surface area contributed by atoms with Gasteiger partial charge in [0.25, 0.3) is 0 Å². The Bertz CT molecular complexity index is 299. The topological polar surface area (TPSA) is 15.6 Å². The molecular weight excluding hydrogens is 248 g/mol. The minimum Gasteiger partial charge on any atom is -0.277 e. The van der Waals surface area contributed by atoms with Crippen molar-refractivity contribution in [2.45, 2.75) is 5.50 Å². The number of hydrogen-bond acceptors (Lipinski definition) is 3. The Kier molecular flexibility index (Phi) is 1.91. The average molecular weight is 252 g/mol. The Hall–Kier alpha value is -0.0600. The summed E-state index contributed by atoms with van der Waals surface area (Å²) in [7, 11) is 0. The van der Waals surface area contributed by atoms with Crippen molar-refractivity contribution in [3.63, 3.8) is 0 Å². The lowest BCUT2D eigenvalue weighted by molar-refractivity contribution is 0.671. The van der Waals surface area contributed by atoms with Crippen molar-refractivity contribution in [2.24, 2.45) is 4.99 Å². The van der Waals surface area contributed by atoms with E-state index >= 15 is 0 Å². The summed E-state index contributed by atoms with van der Waals surface area (Å²) in [6, 6.07) is 1.99. The van der Waals surface area contributed by atoms with E-state index < -0.39 is 0 Å². The normalized spacial score (nSPS) is 22.0. The lowest BCUT2D eigenvalue weighted by Gasteiger charge is -2.20. The van der Waals surface area contributed by atoms with Gasteiger partial charge in [0.15, 0.2) is 0 Å². The fraction of sp³-hybridized carbons (Fsp3) is 0.167. The van der Waals surface area contributed by atoms with Crippen molar-refractivity contribution >= 4 is 50.4 Å². The summed E-state index contributed by atoms with van der Waals surface area (Å²) in [6.45, 7) is 0. The molecule has 0 saturated heterocycles. The smallest absolute Gasteiger partial charge is 0.143 e. The summed E-state index contributed by atoms with van der Waals surface area (Å²) in [4.78, 5) is 4.17. The van der Waals surface area contributed by atoms with Crippen LogP contribution in [0.25, 0.3) is 0 Å². The van der Waals surface area contributed by atoms with Crippen LogP contribution in [0.1, 0.15) is 11.1 Å². The highest BCUT2D eigenvalue weighted by Gasteiger charge is 2.21. The van der Waals surface area contributed by atoms with Crippen LogP contribution < -0.4 is 0 Å². The van der Waals surface area contributed by atoms with Crippen LogP contribution >= 0.6 is 39.1 Å². The molecule has 1 aliphatic rings. The van der Waals surface area contributed by atoms with E-state index in [1.165, 1.54) is 0 Å². The minimum absolute atomic E-state index is 0.131. The van der Waals surface area contributed by atoms with E-state index in [4.69, 9.17) is 11.6 Å². The number of nitrogens with zero attached hydrogens (tertiary/aromatic N) is 2. The molecule has 1 atom stereocenters. The second-order valence-corrected chi connectivity index (χ2v) is 4.23. The van der Waals surface area contributed by atoms with Gasteiger partial charge in [-0.05, 0) is 11.4 Å². The van der Waals surface area contributed by atoms with Gasteiger partial charge in [0.1, 0.15) is 16.8 Å². The first kappa shape index (κ1) is 7.58. The summed E-state index contributed by atoms with van der Waals surface area (Å²) in [6.07, 6.45) is 1.68. The van der Waals surface area contributed by atoms with E-state index in [-0.39, 0.29) is 5.50 Å². The molecule has 2 heterocycles. The fourth-order valence-corrected chi connectivity index (χ4v) is 2.27. The third-order valence-corrected chi connectivity index (χ3v) is 3.54. The van der Waals surface area contributed by atoms with Crippen LogP contribution in [0.5, 0.6) is 0 Å². The Morgan fingerprint density at radius 2 is 2.55 bits per heavy atom. The molecule has 2 rings (SSSR count). The molecule has 0 radical (unpaired) electrons. The van der Waals surface area contributed by atoms with Gasteiger partial charge >= 0.3 is 0 Å². The maximum atomic E-state index is 6.03. The molecule has 0 fully saturated rings. The summed E-state index contributed by atoms with van der Waals surface area (Å²) in [5.74, 6) is 0. The van der Waals surface area contributed by atoms with Crippen LogP contribution in [0, 0.1) is 0 Å². The summed E-state index contributed by atoms with van der Waals surface area (Å²) < 4.78 is 1.70. The van der Waals surface area contributed by atoms with Gasteiger partial charge in [0.2, 0.25) is 0 Å². The molecule has 1 aromatic rings. The van der Waals surface area contributed by atoms with Crippen LogP contribution in [0.15, 0.2) is 16.4 Å². The van der Waals surface area contributed by atoms with Crippen molar-refractivity contribution in [3.8, 4) is 0 Å². The lowest BCUT2D eigenvalue weighted by Crippen LogP contribution is -2.14. The predicted octanol–water partition coefficient (Wildman–Crippen LogP) is 3.27. The molecule has 1 aliphatic heterocycles. The molecule has 1 aromatic heterocycles. The summed E-state index contributed by atoms with van der Waals surface area (Å²) in [5.41, 5.74) is 0.935. The predicted molar refractivity (Wildman–Crippen MR) is 51.8 cm³/mol. The van der Waals surface area contributed by atoms with Crippen LogP contribution in [-0.4, -0.2) is 10.3 Å². The van der Waals surface area contributed by atoms with Crippen LogP contribution in [-0.2, 0) is 0 Å². The van der Waals surface area contributed by atoms with Crippen molar-refractivity contribution in [3.05, 3.63) is 17.0 Å². The van der Waals surface area contributed by atoms with Crippen LogP contribution in [0.3, 0.4) is 0 Å². The summed E-state index contributed by atoms with van der Waals surface area (Å²) >= 11 is 10.9. The molecule has 5 heteroatoms. The number of halogens is 2. The van der Waals surface area contributed by atoms with Crippen molar-refractivity contribution in [1.29, 1.82) is 0 Å². The van der Waals surface area contributed by atoms with E-state index in [0.717, 1.165) is 10.6 Å². The highest BCUT2D eigenvalue weighted by molar-refractivity contribution is 9.07. The molecule has 0 aliphatic carbocycles. The first-order valence-corrected chi connectivity index (χ1v) is 5.01. The van der Waals surface area contributed by atoms with E-state index in [2.05, 4.69) is 21.1 Å². The number of aliphatic imine (C=N–C) groups is 1. The molecule has 2 nitrogen and oxygen atoms in total. The van der Waals surface area contributed by atoms with E-state index in [1.54, 1.807) is 21.6 Å². The first-order valence-electron chi connectivity index (χ1n) is 2.99. The van der Waals surface area contributed by atoms with Gasteiger partial charge in [-0.1, -0.05) is 11.6 Å². The second kappa shape index (κ2) is 2.77. The number of rotatable bonds is 0. The van der Waals surface area contributed by atoms with Gasteiger partial charge in [0.05, 0.1) is 16.1 Å². The average Bonchev–Trinajstić information content (AvgIpc) is 2.45. The molecule has 1 unspecified atom stereocenters. The highest BCUT2D eigenvalue weighted by Crippen LogP contribution is 2.40. The van der Waals surface area contributed by atoms with Gasteiger partial charge < -0.3 is 0 Å². The number of alkyl halides is 1. The third-order valence-electron chi connectivity index (χ3n) is 1.43. The van der Waals surface area contributed by atoms with Gasteiger partial charge in [-0.15, -0.1) is 11.3 Å². The molecule has 11 heavy (non-hydrogen) atoms. The Morgan fingerprint density at radius 3 is 3.36 bits per heavy atom. The zero-order chi connectivity index (χ0) is 7.84. The van der Waals surface area contributed by atoms with Crippen molar-refractivity contribution < 1.29 is 0 Å². The van der Waals surface area contributed by atoms with E-state index in [9.17, 15) is 0 Å². The lowest BCUT2D eigenvalue weighted by atomic mass is 10.3. The Balaban J connectivity index is 2.48. The fourth-order valence-electron chi connectivity index (χ4n) is 0.896. The van der Waals surface area contributed by atoms with Crippen molar-refractivity contribution in [2.75, 3.05) is 0 Å². The molecule has 0 amide bonds. The first-order chi connectivity index (χ1) is 5.29. The van der Waals surface area contributed by atoms with Gasteiger partial charge in [-0.3, -0.25) is 3.93 Å². The van der Waals surface area contributed by atoms with Gasteiger partial charge in [0, 0.05) is 5.56 Å².